The Balaban J connectivity index is 3.75. The van der Waals surface area contributed by atoms with Crippen molar-refractivity contribution in [2.24, 2.45) is 0 Å². The topological polar surface area (TPSA) is 61.4 Å². The summed E-state index contributed by atoms with van der Waals surface area (Å²) in [6.45, 7) is 7.27. The fourth-order valence-corrected chi connectivity index (χ4v) is 0.556. The van der Waals surface area contributed by atoms with Crippen LogP contribution in [0.5, 0.6) is 0 Å². The molecular weight excluding hydrogens is 156 g/mol. The van der Waals surface area contributed by atoms with Crippen molar-refractivity contribution in [3.8, 4) is 0 Å². The van der Waals surface area contributed by atoms with Gasteiger partial charge in [0.05, 0.1) is 12.1 Å². The summed E-state index contributed by atoms with van der Waals surface area (Å²) >= 11 is 0. The lowest BCUT2D eigenvalue weighted by Gasteiger charge is -2.23. The zero-order valence-electron chi connectivity index (χ0n) is 7.55. The monoisotopic (exact) mass is 172 g/mol. The normalized spacial score (nSPS) is 10.6. The molecule has 0 spiro atoms. The van der Waals surface area contributed by atoms with Crippen LogP contribution >= 0.6 is 0 Å². The van der Waals surface area contributed by atoms with E-state index in [1.165, 1.54) is 0 Å². The lowest BCUT2D eigenvalue weighted by molar-refractivity contribution is 0.182. The van der Waals surface area contributed by atoms with E-state index < -0.39 is 5.54 Å². The van der Waals surface area contributed by atoms with Crippen LogP contribution in [-0.4, -0.2) is 29.8 Å². The van der Waals surface area contributed by atoms with Crippen molar-refractivity contribution < 1.29 is 9.90 Å². The van der Waals surface area contributed by atoms with E-state index in [0.717, 1.165) is 0 Å². The maximum absolute atomic E-state index is 11.0. The molecule has 4 nitrogen and oxygen atoms in total. The molecule has 0 radical (unpaired) electrons. The Kier molecular flexibility index (Phi) is 4.36. The van der Waals surface area contributed by atoms with Gasteiger partial charge in [-0.3, -0.25) is 0 Å². The molecule has 3 N–H and O–H groups in total. The summed E-state index contributed by atoms with van der Waals surface area (Å²) in [5.41, 5.74) is -0.578. The number of aliphatic hydroxyl groups is 1. The number of carbonyl (C=O) groups excluding carboxylic acids is 1. The first-order chi connectivity index (χ1) is 5.52. The molecule has 0 aromatic rings. The van der Waals surface area contributed by atoms with Gasteiger partial charge in [0, 0.05) is 6.54 Å². The Labute approximate surface area is 72.7 Å². The predicted octanol–water partition coefficient (Wildman–Crippen LogP) is 0.242. The van der Waals surface area contributed by atoms with E-state index in [1.54, 1.807) is 19.9 Å². The van der Waals surface area contributed by atoms with Gasteiger partial charge >= 0.3 is 6.03 Å². The maximum Gasteiger partial charge on any atom is 0.315 e. The molecule has 4 heteroatoms. The summed E-state index contributed by atoms with van der Waals surface area (Å²) in [4.78, 5) is 11.0. The lowest BCUT2D eigenvalue weighted by Crippen LogP contribution is -2.50. The number of hydrogen-bond acceptors (Lipinski definition) is 2. The Morgan fingerprint density at radius 3 is 2.67 bits per heavy atom. The van der Waals surface area contributed by atoms with E-state index in [1.807, 2.05) is 0 Å². The summed E-state index contributed by atoms with van der Waals surface area (Å²) in [5, 5.41) is 13.9. The quantitative estimate of drug-likeness (QED) is 0.532. The van der Waals surface area contributed by atoms with Gasteiger partial charge in [0.25, 0.3) is 0 Å². The molecule has 0 aromatic heterocycles. The zero-order valence-corrected chi connectivity index (χ0v) is 7.55. The number of rotatable bonds is 4. The number of urea groups is 1. The fraction of sp³-hybridized carbons (Fsp3) is 0.625. The molecule has 70 valence electrons. The summed E-state index contributed by atoms with van der Waals surface area (Å²) in [7, 11) is 0. The molecule has 0 saturated carbocycles. The molecule has 0 aliphatic carbocycles. The standard InChI is InChI=1S/C8H16N2O2/c1-4-5-9-7(12)10-8(2,3)6-11/h4,11H,1,5-6H2,2-3H3,(H2,9,10,12). The minimum Gasteiger partial charge on any atom is -0.394 e. The number of aliphatic hydroxyl groups excluding tert-OH is 1. The SMILES string of the molecule is C=CCNC(=O)NC(C)(C)CO. The maximum atomic E-state index is 11.0. The molecule has 0 fully saturated rings. The molecule has 0 atom stereocenters. The highest BCUT2D eigenvalue weighted by molar-refractivity contribution is 5.74. The van der Waals surface area contributed by atoms with Crippen LogP contribution in [0.25, 0.3) is 0 Å². The van der Waals surface area contributed by atoms with Crippen molar-refractivity contribution >= 4 is 6.03 Å². The second-order valence-corrected chi connectivity index (χ2v) is 3.17. The first-order valence-electron chi connectivity index (χ1n) is 3.79. The van der Waals surface area contributed by atoms with Crippen LogP contribution < -0.4 is 10.6 Å². The van der Waals surface area contributed by atoms with Gasteiger partial charge in [0.2, 0.25) is 0 Å². The van der Waals surface area contributed by atoms with Gasteiger partial charge in [-0.25, -0.2) is 4.79 Å². The van der Waals surface area contributed by atoms with E-state index in [2.05, 4.69) is 17.2 Å². The lowest BCUT2D eigenvalue weighted by atomic mass is 10.1. The zero-order chi connectivity index (χ0) is 9.61. The van der Waals surface area contributed by atoms with Crippen molar-refractivity contribution in [3.05, 3.63) is 12.7 Å². The van der Waals surface area contributed by atoms with Crippen molar-refractivity contribution in [1.29, 1.82) is 0 Å². The molecule has 0 aliphatic rings. The van der Waals surface area contributed by atoms with Gasteiger partial charge in [-0.2, -0.15) is 0 Å². The van der Waals surface area contributed by atoms with E-state index in [9.17, 15) is 4.79 Å². The van der Waals surface area contributed by atoms with Gasteiger partial charge in [-0.1, -0.05) is 6.08 Å². The molecule has 0 rings (SSSR count). The molecular formula is C8H16N2O2. The number of nitrogens with one attached hydrogen (secondary N) is 2. The largest absolute Gasteiger partial charge is 0.394 e. The second-order valence-electron chi connectivity index (χ2n) is 3.17. The third-order valence-electron chi connectivity index (χ3n) is 1.25. The van der Waals surface area contributed by atoms with Gasteiger partial charge in [0.15, 0.2) is 0 Å². The molecule has 12 heavy (non-hydrogen) atoms. The summed E-state index contributed by atoms with van der Waals surface area (Å²) in [5.74, 6) is 0. The summed E-state index contributed by atoms with van der Waals surface area (Å²) in [6, 6.07) is -0.297. The third-order valence-corrected chi connectivity index (χ3v) is 1.25. The Bertz CT molecular complexity index is 166. The molecule has 0 heterocycles. The first kappa shape index (κ1) is 11.0. The van der Waals surface area contributed by atoms with Crippen LogP contribution in [0.15, 0.2) is 12.7 Å². The fourth-order valence-electron chi connectivity index (χ4n) is 0.556. The molecule has 0 aromatic carbocycles. The first-order valence-corrected chi connectivity index (χ1v) is 3.79. The van der Waals surface area contributed by atoms with E-state index in [-0.39, 0.29) is 12.6 Å². The van der Waals surface area contributed by atoms with Gasteiger partial charge in [-0.05, 0) is 13.8 Å². The molecule has 0 unspecified atom stereocenters. The van der Waals surface area contributed by atoms with Gasteiger partial charge in [0.1, 0.15) is 0 Å². The van der Waals surface area contributed by atoms with Crippen LogP contribution in [0, 0.1) is 0 Å². The second kappa shape index (κ2) is 4.77. The smallest absolute Gasteiger partial charge is 0.315 e. The highest BCUT2D eigenvalue weighted by atomic mass is 16.3. The van der Waals surface area contributed by atoms with Crippen LogP contribution in [0.4, 0.5) is 4.79 Å². The molecule has 0 bridgehead atoms. The Morgan fingerprint density at radius 1 is 1.67 bits per heavy atom. The average Bonchev–Trinajstić information content (AvgIpc) is 2.00. The Hall–Kier alpha value is -1.03. The van der Waals surface area contributed by atoms with Crippen molar-refractivity contribution in [3.63, 3.8) is 0 Å². The average molecular weight is 172 g/mol. The van der Waals surface area contributed by atoms with Crippen molar-refractivity contribution in [2.75, 3.05) is 13.2 Å². The predicted molar refractivity (Wildman–Crippen MR) is 47.9 cm³/mol. The van der Waals surface area contributed by atoms with Crippen molar-refractivity contribution in [2.45, 2.75) is 19.4 Å². The third kappa shape index (κ3) is 4.73. The van der Waals surface area contributed by atoms with Crippen LogP contribution in [-0.2, 0) is 0 Å². The Morgan fingerprint density at radius 2 is 2.25 bits per heavy atom. The highest BCUT2D eigenvalue weighted by Crippen LogP contribution is 1.98. The van der Waals surface area contributed by atoms with E-state index in [0.29, 0.717) is 6.54 Å². The minimum atomic E-state index is -0.578. The van der Waals surface area contributed by atoms with E-state index in [4.69, 9.17) is 5.11 Å². The molecule has 2 amide bonds. The minimum absolute atomic E-state index is 0.0888. The van der Waals surface area contributed by atoms with Gasteiger partial charge < -0.3 is 15.7 Å². The van der Waals surface area contributed by atoms with Crippen LogP contribution in [0.1, 0.15) is 13.8 Å². The summed E-state index contributed by atoms with van der Waals surface area (Å²) < 4.78 is 0. The summed E-state index contributed by atoms with van der Waals surface area (Å²) in [6.07, 6.45) is 1.59. The molecule has 0 aliphatic heterocycles. The highest BCUT2D eigenvalue weighted by Gasteiger charge is 2.17. The van der Waals surface area contributed by atoms with Crippen LogP contribution in [0.2, 0.25) is 0 Å². The van der Waals surface area contributed by atoms with E-state index >= 15 is 0 Å². The number of hydrogen-bond donors (Lipinski definition) is 3. The number of carbonyl (C=O) groups is 1. The van der Waals surface area contributed by atoms with Crippen molar-refractivity contribution in [1.82, 2.24) is 10.6 Å². The molecule has 0 saturated heterocycles. The van der Waals surface area contributed by atoms with Crippen LogP contribution in [0.3, 0.4) is 0 Å². The number of amides is 2. The van der Waals surface area contributed by atoms with Gasteiger partial charge in [-0.15, -0.1) is 6.58 Å².